The molecule has 4 nitrogen and oxygen atoms in total. The molecule has 0 radical (unpaired) electrons. The van der Waals surface area contributed by atoms with Gasteiger partial charge in [0, 0.05) is 29.4 Å². The Morgan fingerprint density at radius 2 is 1.80 bits per heavy atom. The van der Waals surface area contributed by atoms with Crippen LogP contribution in [0.5, 0.6) is 17.2 Å². The highest BCUT2D eigenvalue weighted by molar-refractivity contribution is 5.52. The Morgan fingerprint density at radius 3 is 2.50 bits per heavy atom. The molecule has 0 saturated heterocycles. The van der Waals surface area contributed by atoms with E-state index in [4.69, 9.17) is 15.2 Å². The average molecular weight is 273 g/mol. The Balaban J connectivity index is 2.26. The van der Waals surface area contributed by atoms with Gasteiger partial charge in [0.15, 0.2) is 0 Å². The van der Waals surface area contributed by atoms with Gasteiger partial charge >= 0.3 is 0 Å². The normalized spacial score (nSPS) is 10.6. The first kappa shape index (κ1) is 14.2. The lowest BCUT2D eigenvalue weighted by atomic mass is 10.2. The van der Waals surface area contributed by atoms with Crippen LogP contribution in [0.4, 0.5) is 5.69 Å². The van der Waals surface area contributed by atoms with Crippen molar-refractivity contribution in [3.63, 3.8) is 0 Å². The van der Waals surface area contributed by atoms with E-state index in [-0.39, 0.29) is 12.7 Å². The summed E-state index contributed by atoms with van der Waals surface area (Å²) in [5.74, 6) is 1.86. The van der Waals surface area contributed by atoms with Crippen LogP contribution in [0.15, 0.2) is 42.5 Å². The molecule has 0 aromatic heterocycles. The second-order valence-electron chi connectivity index (χ2n) is 4.77. The lowest BCUT2D eigenvalue weighted by molar-refractivity contribution is 0.241. The van der Waals surface area contributed by atoms with E-state index in [9.17, 15) is 5.11 Å². The van der Waals surface area contributed by atoms with Gasteiger partial charge in [-0.05, 0) is 19.9 Å². The molecular formula is C16H19NO3. The van der Waals surface area contributed by atoms with Crippen LogP contribution in [-0.2, 0) is 6.61 Å². The van der Waals surface area contributed by atoms with Crippen molar-refractivity contribution in [3.8, 4) is 17.2 Å². The van der Waals surface area contributed by atoms with Crippen molar-refractivity contribution in [2.75, 3.05) is 5.73 Å². The van der Waals surface area contributed by atoms with Crippen molar-refractivity contribution in [2.45, 2.75) is 26.6 Å². The average Bonchev–Trinajstić information content (AvgIpc) is 2.37. The Morgan fingerprint density at radius 1 is 1.10 bits per heavy atom. The molecule has 0 unspecified atom stereocenters. The number of hydrogen-bond donors (Lipinski definition) is 2. The summed E-state index contributed by atoms with van der Waals surface area (Å²) in [6.45, 7) is 3.82. The van der Waals surface area contributed by atoms with Crippen LogP contribution < -0.4 is 15.2 Å². The van der Waals surface area contributed by atoms with Crippen LogP contribution in [0, 0.1) is 0 Å². The van der Waals surface area contributed by atoms with Crippen LogP contribution in [0.1, 0.15) is 19.4 Å². The Labute approximate surface area is 118 Å². The van der Waals surface area contributed by atoms with Gasteiger partial charge in [-0.1, -0.05) is 18.2 Å². The van der Waals surface area contributed by atoms with E-state index in [2.05, 4.69) is 0 Å². The summed E-state index contributed by atoms with van der Waals surface area (Å²) in [5.41, 5.74) is 7.14. The quantitative estimate of drug-likeness (QED) is 0.820. The van der Waals surface area contributed by atoms with Gasteiger partial charge in [0.1, 0.15) is 17.2 Å². The number of rotatable bonds is 5. The van der Waals surface area contributed by atoms with E-state index in [1.165, 1.54) is 0 Å². The van der Waals surface area contributed by atoms with E-state index >= 15 is 0 Å². The molecule has 0 heterocycles. The third-order valence-electron chi connectivity index (χ3n) is 2.64. The molecule has 4 heteroatoms. The van der Waals surface area contributed by atoms with Gasteiger partial charge < -0.3 is 20.3 Å². The molecule has 0 atom stereocenters. The summed E-state index contributed by atoms with van der Waals surface area (Å²) < 4.78 is 11.4. The molecule has 2 rings (SSSR count). The van der Waals surface area contributed by atoms with Gasteiger partial charge in [0.25, 0.3) is 0 Å². The van der Waals surface area contributed by atoms with Crippen LogP contribution in [0.2, 0.25) is 0 Å². The lowest BCUT2D eigenvalue weighted by Crippen LogP contribution is -2.06. The fraction of sp³-hybridized carbons (Fsp3) is 0.250. The number of benzene rings is 2. The predicted octanol–water partition coefficient (Wildman–Crippen LogP) is 3.34. The summed E-state index contributed by atoms with van der Waals surface area (Å²) >= 11 is 0. The molecule has 0 aliphatic rings. The second-order valence-corrected chi connectivity index (χ2v) is 4.77. The van der Waals surface area contributed by atoms with Crippen molar-refractivity contribution in [3.05, 3.63) is 48.0 Å². The van der Waals surface area contributed by atoms with Gasteiger partial charge in [-0.2, -0.15) is 0 Å². The van der Waals surface area contributed by atoms with E-state index in [1.54, 1.807) is 24.3 Å². The maximum absolute atomic E-state index is 9.30. The molecular weight excluding hydrogens is 254 g/mol. The maximum atomic E-state index is 9.30. The fourth-order valence-corrected chi connectivity index (χ4v) is 1.85. The van der Waals surface area contributed by atoms with E-state index in [0.717, 1.165) is 5.56 Å². The standard InChI is InChI=1S/C16H19NO3/c1-11(2)19-14-7-13(17)8-15(9-14)20-16-6-4-3-5-12(16)10-18/h3-9,11,18H,10,17H2,1-2H3. The highest BCUT2D eigenvalue weighted by Crippen LogP contribution is 2.30. The number of hydrogen-bond acceptors (Lipinski definition) is 4. The maximum Gasteiger partial charge on any atom is 0.133 e. The zero-order chi connectivity index (χ0) is 14.5. The van der Waals surface area contributed by atoms with Crippen LogP contribution in [-0.4, -0.2) is 11.2 Å². The second kappa shape index (κ2) is 6.30. The Hall–Kier alpha value is -2.20. The minimum absolute atomic E-state index is 0.0642. The largest absolute Gasteiger partial charge is 0.491 e. The molecule has 106 valence electrons. The third-order valence-corrected chi connectivity index (χ3v) is 2.64. The van der Waals surface area contributed by atoms with Crippen molar-refractivity contribution >= 4 is 5.69 Å². The van der Waals surface area contributed by atoms with Gasteiger partial charge in [0.05, 0.1) is 12.7 Å². The van der Waals surface area contributed by atoms with E-state index in [0.29, 0.717) is 22.9 Å². The minimum atomic E-state index is -0.0756. The minimum Gasteiger partial charge on any atom is -0.491 e. The first-order valence-electron chi connectivity index (χ1n) is 6.52. The van der Waals surface area contributed by atoms with Crippen LogP contribution in [0.3, 0.4) is 0 Å². The smallest absolute Gasteiger partial charge is 0.133 e. The van der Waals surface area contributed by atoms with Crippen LogP contribution >= 0.6 is 0 Å². The number of anilines is 1. The fourth-order valence-electron chi connectivity index (χ4n) is 1.85. The van der Waals surface area contributed by atoms with Crippen molar-refractivity contribution in [1.29, 1.82) is 0 Å². The highest BCUT2D eigenvalue weighted by Gasteiger charge is 2.07. The number of ether oxygens (including phenoxy) is 2. The Bertz CT molecular complexity index is 582. The summed E-state index contributed by atoms with van der Waals surface area (Å²) in [6, 6.07) is 12.6. The topological polar surface area (TPSA) is 64.7 Å². The zero-order valence-electron chi connectivity index (χ0n) is 11.7. The summed E-state index contributed by atoms with van der Waals surface area (Å²) in [7, 11) is 0. The van der Waals surface area contributed by atoms with Crippen molar-refractivity contribution in [2.24, 2.45) is 0 Å². The highest BCUT2D eigenvalue weighted by atomic mass is 16.5. The number of nitrogen functional groups attached to an aromatic ring is 1. The number of aliphatic hydroxyl groups is 1. The zero-order valence-corrected chi connectivity index (χ0v) is 11.7. The molecule has 0 amide bonds. The monoisotopic (exact) mass is 273 g/mol. The third kappa shape index (κ3) is 3.65. The molecule has 0 bridgehead atoms. The van der Waals surface area contributed by atoms with Crippen molar-refractivity contribution < 1.29 is 14.6 Å². The first-order chi connectivity index (χ1) is 9.58. The summed E-state index contributed by atoms with van der Waals surface area (Å²) in [4.78, 5) is 0. The van der Waals surface area contributed by atoms with Gasteiger partial charge in [0.2, 0.25) is 0 Å². The molecule has 0 aliphatic carbocycles. The Kier molecular flexibility index (Phi) is 4.48. The van der Waals surface area contributed by atoms with E-state index in [1.807, 2.05) is 32.0 Å². The van der Waals surface area contributed by atoms with Crippen LogP contribution in [0.25, 0.3) is 0 Å². The number of nitrogens with two attached hydrogens (primary N) is 1. The molecule has 0 fully saturated rings. The molecule has 3 N–H and O–H groups in total. The summed E-state index contributed by atoms with van der Waals surface area (Å²) in [6.07, 6.45) is 0.0642. The molecule has 0 saturated carbocycles. The molecule has 2 aromatic rings. The predicted molar refractivity (Wildman–Crippen MR) is 79.1 cm³/mol. The first-order valence-corrected chi connectivity index (χ1v) is 6.52. The van der Waals surface area contributed by atoms with Gasteiger partial charge in [-0.3, -0.25) is 0 Å². The molecule has 20 heavy (non-hydrogen) atoms. The lowest BCUT2D eigenvalue weighted by Gasteiger charge is -2.14. The SMILES string of the molecule is CC(C)Oc1cc(N)cc(Oc2ccccc2CO)c1. The summed E-state index contributed by atoms with van der Waals surface area (Å²) in [5, 5.41) is 9.30. The number of aliphatic hydroxyl groups excluding tert-OH is 1. The van der Waals surface area contributed by atoms with Gasteiger partial charge in [-0.25, -0.2) is 0 Å². The molecule has 2 aromatic carbocycles. The van der Waals surface area contributed by atoms with E-state index < -0.39 is 0 Å². The molecule has 0 spiro atoms. The van der Waals surface area contributed by atoms with Gasteiger partial charge in [-0.15, -0.1) is 0 Å². The number of para-hydroxylation sites is 1. The van der Waals surface area contributed by atoms with Crippen molar-refractivity contribution in [1.82, 2.24) is 0 Å². The molecule has 0 aliphatic heterocycles.